The van der Waals surface area contributed by atoms with Gasteiger partial charge in [-0.2, -0.15) is 9.78 Å². The van der Waals surface area contributed by atoms with Crippen LogP contribution in [0.5, 0.6) is 0 Å². The Morgan fingerprint density at radius 3 is 1.72 bits per heavy atom. The van der Waals surface area contributed by atoms with Crippen LogP contribution in [0.25, 0.3) is 0 Å². The lowest BCUT2D eigenvalue weighted by Crippen LogP contribution is -2.26. The van der Waals surface area contributed by atoms with Gasteiger partial charge < -0.3 is 0 Å². The van der Waals surface area contributed by atoms with Crippen LogP contribution in [0.4, 0.5) is 0 Å². The van der Waals surface area contributed by atoms with Crippen molar-refractivity contribution in [2.75, 3.05) is 0 Å². The molecule has 0 spiro atoms. The summed E-state index contributed by atoms with van der Waals surface area (Å²) in [6.45, 7) is 10.9. The first kappa shape index (κ1) is 15.5. The molecular formula is C16H28O2. The van der Waals surface area contributed by atoms with E-state index >= 15 is 0 Å². The van der Waals surface area contributed by atoms with Gasteiger partial charge in [0, 0.05) is 5.41 Å². The molecule has 0 radical (unpaired) electrons. The van der Waals surface area contributed by atoms with E-state index in [-0.39, 0.29) is 17.1 Å². The van der Waals surface area contributed by atoms with Gasteiger partial charge in [-0.1, -0.05) is 51.4 Å². The van der Waals surface area contributed by atoms with Gasteiger partial charge in [0.1, 0.15) is 0 Å². The van der Waals surface area contributed by atoms with E-state index in [4.69, 9.17) is 9.78 Å². The van der Waals surface area contributed by atoms with E-state index in [1.54, 1.807) is 0 Å². The quantitative estimate of drug-likeness (QED) is 0.373. The summed E-state index contributed by atoms with van der Waals surface area (Å²) >= 11 is 0. The summed E-state index contributed by atoms with van der Waals surface area (Å²) in [5, 5.41) is 0. The fourth-order valence-electron chi connectivity index (χ4n) is 2.05. The van der Waals surface area contributed by atoms with Gasteiger partial charge in [0.15, 0.2) is 0 Å². The molecule has 0 saturated carbocycles. The lowest BCUT2D eigenvalue weighted by Gasteiger charge is -2.25. The van der Waals surface area contributed by atoms with Gasteiger partial charge in [0.2, 0.25) is 6.29 Å². The molecule has 1 aliphatic heterocycles. The van der Waals surface area contributed by atoms with Gasteiger partial charge in [0.05, 0.1) is 5.41 Å². The van der Waals surface area contributed by atoms with Crippen LogP contribution in [0.1, 0.15) is 73.1 Å². The van der Waals surface area contributed by atoms with E-state index in [9.17, 15) is 0 Å². The van der Waals surface area contributed by atoms with Crippen molar-refractivity contribution in [1.82, 2.24) is 0 Å². The molecule has 0 atom stereocenters. The summed E-state index contributed by atoms with van der Waals surface area (Å²) in [4.78, 5) is 10.3. The molecule has 18 heavy (non-hydrogen) atoms. The highest BCUT2D eigenvalue weighted by Crippen LogP contribution is 2.43. The van der Waals surface area contributed by atoms with E-state index in [2.05, 4.69) is 46.5 Å². The van der Waals surface area contributed by atoms with Crippen LogP contribution in [-0.4, -0.2) is 6.29 Å². The Kier molecular flexibility index (Phi) is 5.69. The van der Waals surface area contributed by atoms with Gasteiger partial charge in [0.25, 0.3) is 0 Å². The van der Waals surface area contributed by atoms with Crippen molar-refractivity contribution in [3.05, 3.63) is 0 Å². The second-order valence-electron chi connectivity index (χ2n) is 6.39. The van der Waals surface area contributed by atoms with Crippen molar-refractivity contribution in [3.63, 3.8) is 0 Å². The molecule has 0 aliphatic carbocycles. The summed E-state index contributed by atoms with van der Waals surface area (Å²) in [6.07, 6.45) is 6.83. The minimum Gasteiger partial charge on any atom is -0.197 e. The summed E-state index contributed by atoms with van der Waals surface area (Å²) in [5.41, 5.74) is -0.0438. The molecule has 0 aromatic carbocycles. The lowest BCUT2D eigenvalue weighted by molar-refractivity contribution is 0.0850. The van der Waals surface area contributed by atoms with Crippen LogP contribution in [0, 0.1) is 22.7 Å². The minimum atomic E-state index is -0.0922. The van der Waals surface area contributed by atoms with Crippen molar-refractivity contribution in [3.8, 4) is 11.8 Å². The van der Waals surface area contributed by atoms with Crippen molar-refractivity contribution >= 4 is 0 Å². The standard InChI is InChI=1S/C16H28O2/c1-6-8-10-16(11-9-7-2,14-17-18-14)13-12-15(3,4)5/h14H,6-11H2,1-5H3. The molecule has 1 rings (SSSR count). The Bertz CT molecular complexity index is 291. The Labute approximate surface area is 112 Å². The smallest absolute Gasteiger partial charge is 0.197 e. The summed E-state index contributed by atoms with van der Waals surface area (Å²) in [6, 6.07) is 0. The molecule has 0 amide bonds. The summed E-state index contributed by atoms with van der Waals surface area (Å²) < 4.78 is 0. The van der Waals surface area contributed by atoms with E-state index in [1.165, 1.54) is 25.7 Å². The zero-order chi connectivity index (χ0) is 13.6. The zero-order valence-corrected chi connectivity index (χ0v) is 12.6. The normalized spacial score (nSPS) is 16.3. The topological polar surface area (TPSA) is 25.1 Å². The second kappa shape index (κ2) is 6.59. The van der Waals surface area contributed by atoms with E-state index < -0.39 is 0 Å². The second-order valence-corrected chi connectivity index (χ2v) is 6.39. The largest absolute Gasteiger partial charge is 0.240 e. The molecule has 2 nitrogen and oxygen atoms in total. The number of hydrogen-bond donors (Lipinski definition) is 0. The van der Waals surface area contributed by atoms with Gasteiger partial charge in [-0.3, -0.25) is 0 Å². The highest BCUT2D eigenvalue weighted by molar-refractivity contribution is 5.18. The van der Waals surface area contributed by atoms with Crippen LogP contribution >= 0.6 is 0 Å². The molecule has 0 aromatic heterocycles. The first-order valence-corrected chi connectivity index (χ1v) is 7.30. The lowest BCUT2D eigenvalue weighted by atomic mass is 9.77. The van der Waals surface area contributed by atoms with Crippen LogP contribution in [0.2, 0.25) is 0 Å². The minimum absolute atomic E-state index is 0.0402. The highest BCUT2D eigenvalue weighted by Gasteiger charge is 2.48. The molecule has 1 heterocycles. The van der Waals surface area contributed by atoms with Crippen molar-refractivity contribution in [2.45, 2.75) is 79.4 Å². The first-order valence-electron chi connectivity index (χ1n) is 7.30. The van der Waals surface area contributed by atoms with Crippen molar-refractivity contribution in [1.29, 1.82) is 0 Å². The number of rotatable bonds is 7. The molecule has 1 saturated heterocycles. The third-order valence-corrected chi connectivity index (χ3v) is 3.28. The Hall–Kier alpha value is -0.520. The van der Waals surface area contributed by atoms with Gasteiger partial charge in [-0.15, -0.1) is 0 Å². The van der Waals surface area contributed by atoms with Crippen LogP contribution in [0.15, 0.2) is 0 Å². The monoisotopic (exact) mass is 252 g/mol. The molecular weight excluding hydrogens is 224 g/mol. The zero-order valence-electron chi connectivity index (χ0n) is 12.6. The highest BCUT2D eigenvalue weighted by atomic mass is 17.4. The fraction of sp³-hybridized carbons (Fsp3) is 0.875. The Morgan fingerprint density at radius 1 is 0.889 bits per heavy atom. The molecule has 0 N–H and O–H groups in total. The molecule has 0 aromatic rings. The third-order valence-electron chi connectivity index (χ3n) is 3.28. The molecule has 104 valence electrons. The molecule has 1 aliphatic rings. The van der Waals surface area contributed by atoms with E-state index in [0.29, 0.717) is 0 Å². The number of unbranched alkanes of at least 4 members (excludes halogenated alkanes) is 2. The van der Waals surface area contributed by atoms with Crippen molar-refractivity contribution < 1.29 is 9.78 Å². The molecule has 2 heteroatoms. The maximum atomic E-state index is 5.13. The van der Waals surface area contributed by atoms with E-state index in [1.807, 2.05) is 0 Å². The van der Waals surface area contributed by atoms with Gasteiger partial charge in [-0.05, 0) is 33.6 Å². The van der Waals surface area contributed by atoms with E-state index in [0.717, 1.165) is 12.8 Å². The Balaban J connectivity index is 2.83. The van der Waals surface area contributed by atoms with Gasteiger partial charge >= 0.3 is 0 Å². The van der Waals surface area contributed by atoms with Crippen molar-refractivity contribution in [2.24, 2.45) is 10.8 Å². The maximum absolute atomic E-state index is 5.13. The Morgan fingerprint density at radius 2 is 1.39 bits per heavy atom. The fourth-order valence-corrected chi connectivity index (χ4v) is 2.05. The average molecular weight is 252 g/mol. The molecule has 0 unspecified atom stereocenters. The van der Waals surface area contributed by atoms with Crippen LogP contribution < -0.4 is 0 Å². The SMILES string of the molecule is CCCCC(C#CC(C)(C)C)(CCCC)C1OO1. The maximum Gasteiger partial charge on any atom is 0.240 e. The summed E-state index contributed by atoms with van der Waals surface area (Å²) in [7, 11) is 0. The third kappa shape index (κ3) is 5.00. The first-order chi connectivity index (χ1) is 8.43. The predicted molar refractivity (Wildman–Crippen MR) is 74.7 cm³/mol. The number of hydrogen-bond acceptors (Lipinski definition) is 2. The van der Waals surface area contributed by atoms with Crippen LogP contribution in [-0.2, 0) is 9.78 Å². The summed E-state index contributed by atoms with van der Waals surface area (Å²) in [5.74, 6) is 6.90. The van der Waals surface area contributed by atoms with Crippen LogP contribution in [0.3, 0.4) is 0 Å². The molecule has 0 bridgehead atoms. The van der Waals surface area contributed by atoms with Gasteiger partial charge in [-0.25, -0.2) is 0 Å². The average Bonchev–Trinajstić information content (AvgIpc) is 3.12. The predicted octanol–water partition coefficient (Wildman–Crippen LogP) is 4.69. The molecule has 1 fully saturated rings.